The summed E-state index contributed by atoms with van der Waals surface area (Å²) in [5.41, 5.74) is 1.40. The fourth-order valence-corrected chi connectivity index (χ4v) is 4.08. The van der Waals surface area contributed by atoms with Crippen molar-refractivity contribution in [2.75, 3.05) is 26.1 Å². The quantitative estimate of drug-likeness (QED) is 0.353. The van der Waals surface area contributed by atoms with Crippen molar-refractivity contribution in [1.29, 1.82) is 0 Å². The minimum absolute atomic E-state index is 0.278. The van der Waals surface area contributed by atoms with Crippen LogP contribution in [0.1, 0.15) is 29.2 Å². The Morgan fingerprint density at radius 2 is 2.00 bits per heavy atom. The molecule has 1 aliphatic rings. The topological polar surface area (TPSA) is 161 Å². The van der Waals surface area contributed by atoms with E-state index in [1.54, 1.807) is 36.1 Å². The van der Waals surface area contributed by atoms with Crippen molar-refractivity contribution in [2.24, 2.45) is 0 Å². The van der Waals surface area contributed by atoms with Crippen LogP contribution in [0.4, 0.5) is 5.82 Å². The summed E-state index contributed by atoms with van der Waals surface area (Å²) in [5, 5.41) is 27.4. The van der Waals surface area contributed by atoms with Crippen LogP contribution in [-0.4, -0.2) is 80.6 Å². The molecule has 0 saturated heterocycles. The van der Waals surface area contributed by atoms with Gasteiger partial charge in [-0.15, -0.1) is 0 Å². The molecule has 4 rings (SSSR count). The third-order valence-electron chi connectivity index (χ3n) is 5.88. The summed E-state index contributed by atoms with van der Waals surface area (Å²) in [4.78, 5) is 36.8. The lowest BCUT2D eigenvalue weighted by Gasteiger charge is -2.38. The Kier molecular flexibility index (Phi) is 6.89. The molecule has 1 aromatic carbocycles. The molecular weight excluding hydrogens is 444 g/mol. The number of benzene rings is 1. The summed E-state index contributed by atoms with van der Waals surface area (Å²) in [6, 6.07) is 5.19. The number of nitrogens with zero attached hydrogens (tertiary/aromatic N) is 4. The standard InChI is InChI=1S/C22H26N6O6/c1-23-20-17-21(25-10-24-20)28(11-26-17)15-7-6-14(18(30)19(15)31)27-22(32)12-4-3-5-13(8-12)34-9-16(29)33-2/h3-5,8,10-11,14-15,18-19,30-31H,6-7,9H2,1-2H3,(H,27,32)(H,23,24,25)/t14-,15-,18-,19-/m1/s1. The number of methoxy groups -OCH3 is 1. The molecule has 4 N–H and O–H groups in total. The zero-order chi connectivity index (χ0) is 24.2. The number of nitrogens with one attached hydrogen (secondary N) is 2. The van der Waals surface area contributed by atoms with E-state index in [-0.39, 0.29) is 6.61 Å². The highest BCUT2D eigenvalue weighted by atomic mass is 16.6. The molecule has 1 aliphatic carbocycles. The SMILES string of the molecule is CNc1ncnc2c1ncn2[C@@H]1CC[C@@H](NC(=O)c2cccc(OCC(=O)OC)c2)[C@@H](O)[C@@H]1O. The second-order valence-electron chi connectivity index (χ2n) is 7.89. The highest BCUT2D eigenvalue weighted by Gasteiger charge is 2.39. The number of anilines is 1. The molecule has 0 bridgehead atoms. The Morgan fingerprint density at radius 1 is 1.18 bits per heavy atom. The van der Waals surface area contributed by atoms with Crippen LogP contribution in [0.25, 0.3) is 11.2 Å². The van der Waals surface area contributed by atoms with Crippen LogP contribution in [0.5, 0.6) is 5.75 Å². The number of hydrogen-bond donors (Lipinski definition) is 4. The van der Waals surface area contributed by atoms with Crippen LogP contribution in [-0.2, 0) is 9.53 Å². The molecule has 4 atom stereocenters. The maximum atomic E-state index is 12.8. The monoisotopic (exact) mass is 470 g/mol. The number of aromatic nitrogens is 4. The largest absolute Gasteiger partial charge is 0.482 e. The predicted octanol–water partition coefficient (Wildman–Crippen LogP) is 0.275. The number of rotatable bonds is 7. The molecular formula is C22H26N6O6. The van der Waals surface area contributed by atoms with Gasteiger partial charge in [-0.3, -0.25) is 4.79 Å². The summed E-state index contributed by atoms with van der Waals surface area (Å²) in [6.07, 6.45) is 1.53. The molecule has 1 saturated carbocycles. The van der Waals surface area contributed by atoms with E-state index in [4.69, 9.17) is 4.74 Å². The number of esters is 1. The molecule has 0 radical (unpaired) electrons. The van der Waals surface area contributed by atoms with Crippen molar-refractivity contribution in [3.05, 3.63) is 42.5 Å². The minimum Gasteiger partial charge on any atom is -0.482 e. The number of ether oxygens (including phenoxy) is 2. The lowest BCUT2D eigenvalue weighted by Crippen LogP contribution is -2.54. The van der Waals surface area contributed by atoms with Gasteiger partial charge in [0.05, 0.1) is 25.5 Å². The van der Waals surface area contributed by atoms with Crippen molar-refractivity contribution in [1.82, 2.24) is 24.8 Å². The van der Waals surface area contributed by atoms with Crippen LogP contribution in [0.3, 0.4) is 0 Å². The van der Waals surface area contributed by atoms with E-state index in [0.717, 1.165) is 0 Å². The van der Waals surface area contributed by atoms with E-state index in [2.05, 4.69) is 30.3 Å². The van der Waals surface area contributed by atoms with Crippen molar-refractivity contribution in [2.45, 2.75) is 37.1 Å². The van der Waals surface area contributed by atoms with Gasteiger partial charge in [0.2, 0.25) is 0 Å². The van der Waals surface area contributed by atoms with Gasteiger partial charge in [0.25, 0.3) is 5.91 Å². The van der Waals surface area contributed by atoms with Gasteiger partial charge < -0.3 is 34.9 Å². The van der Waals surface area contributed by atoms with Gasteiger partial charge in [-0.2, -0.15) is 0 Å². The molecule has 0 aliphatic heterocycles. The molecule has 1 fully saturated rings. The van der Waals surface area contributed by atoms with Crippen molar-refractivity contribution >= 4 is 28.9 Å². The van der Waals surface area contributed by atoms with Gasteiger partial charge in [-0.25, -0.2) is 19.7 Å². The highest BCUT2D eigenvalue weighted by Crippen LogP contribution is 2.32. The second kappa shape index (κ2) is 10.0. The number of carbonyl (C=O) groups is 2. The summed E-state index contributed by atoms with van der Waals surface area (Å²) in [6.45, 7) is -0.278. The summed E-state index contributed by atoms with van der Waals surface area (Å²) in [7, 11) is 2.99. The number of fused-ring (bicyclic) bond motifs is 1. The molecule has 2 aromatic heterocycles. The van der Waals surface area contributed by atoms with E-state index in [0.29, 0.717) is 41.1 Å². The average molecular weight is 470 g/mol. The van der Waals surface area contributed by atoms with Crippen LogP contribution < -0.4 is 15.4 Å². The van der Waals surface area contributed by atoms with Crippen molar-refractivity contribution < 1.29 is 29.3 Å². The third-order valence-corrected chi connectivity index (χ3v) is 5.88. The average Bonchev–Trinajstić information content (AvgIpc) is 3.29. The molecule has 2 heterocycles. The molecule has 34 heavy (non-hydrogen) atoms. The first kappa shape index (κ1) is 23.4. The van der Waals surface area contributed by atoms with Gasteiger partial charge in [0, 0.05) is 12.6 Å². The maximum Gasteiger partial charge on any atom is 0.343 e. The summed E-state index contributed by atoms with van der Waals surface area (Å²) >= 11 is 0. The zero-order valence-corrected chi connectivity index (χ0v) is 18.7. The van der Waals surface area contributed by atoms with Gasteiger partial charge in [0.1, 0.15) is 29.8 Å². The number of amides is 1. The van der Waals surface area contributed by atoms with Gasteiger partial charge >= 0.3 is 5.97 Å². The number of hydrogen-bond acceptors (Lipinski definition) is 10. The Labute approximate surface area is 194 Å². The minimum atomic E-state index is -1.20. The Hall–Kier alpha value is -3.77. The molecule has 0 spiro atoms. The first-order valence-electron chi connectivity index (χ1n) is 10.7. The Bertz CT molecular complexity index is 1180. The smallest absolute Gasteiger partial charge is 0.343 e. The fourth-order valence-electron chi connectivity index (χ4n) is 4.08. The predicted molar refractivity (Wildman–Crippen MR) is 120 cm³/mol. The lowest BCUT2D eigenvalue weighted by atomic mass is 9.85. The van der Waals surface area contributed by atoms with Crippen LogP contribution in [0.15, 0.2) is 36.9 Å². The van der Waals surface area contributed by atoms with E-state index < -0.39 is 36.2 Å². The lowest BCUT2D eigenvalue weighted by molar-refractivity contribution is -0.142. The number of carbonyl (C=O) groups excluding carboxylic acids is 2. The first-order chi connectivity index (χ1) is 16.4. The molecule has 0 unspecified atom stereocenters. The fraction of sp³-hybridized carbons (Fsp3) is 0.409. The number of imidazole rings is 1. The van der Waals surface area contributed by atoms with Crippen molar-refractivity contribution in [3.63, 3.8) is 0 Å². The molecule has 12 heteroatoms. The van der Waals surface area contributed by atoms with Crippen LogP contribution in [0.2, 0.25) is 0 Å². The summed E-state index contributed by atoms with van der Waals surface area (Å²) < 4.78 is 11.6. The van der Waals surface area contributed by atoms with Crippen LogP contribution >= 0.6 is 0 Å². The Morgan fingerprint density at radius 3 is 2.76 bits per heavy atom. The van der Waals surface area contributed by atoms with E-state index in [1.165, 1.54) is 19.5 Å². The summed E-state index contributed by atoms with van der Waals surface area (Å²) in [5.74, 6) is -0.0736. The second-order valence-corrected chi connectivity index (χ2v) is 7.89. The van der Waals surface area contributed by atoms with Gasteiger partial charge in [-0.05, 0) is 31.0 Å². The van der Waals surface area contributed by atoms with Gasteiger partial charge in [0.15, 0.2) is 18.1 Å². The van der Waals surface area contributed by atoms with E-state index in [1.807, 2.05) is 0 Å². The number of aliphatic hydroxyl groups excluding tert-OH is 2. The normalized spacial score (nSPS) is 22.2. The zero-order valence-electron chi connectivity index (χ0n) is 18.7. The van der Waals surface area contributed by atoms with Crippen LogP contribution in [0, 0.1) is 0 Å². The maximum absolute atomic E-state index is 12.8. The van der Waals surface area contributed by atoms with Gasteiger partial charge in [-0.1, -0.05) is 6.07 Å². The highest BCUT2D eigenvalue weighted by molar-refractivity contribution is 5.94. The van der Waals surface area contributed by atoms with Crippen molar-refractivity contribution in [3.8, 4) is 5.75 Å². The molecule has 3 aromatic rings. The first-order valence-corrected chi connectivity index (χ1v) is 10.7. The van der Waals surface area contributed by atoms with E-state index in [9.17, 15) is 19.8 Å². The van der Waals surface area contributed by atoms with E-state index >= 15 is 0 Å². The number of aliphatic hydroxyl groups is 2. The third kappa shape index (κ3) is 4.63. The molecule has 180 valence electrons. The molecule has 12 nitrogen and oxygen atoms in total. The molecule has 1 amide bonds. The Balaban J connectivity index is 1.43.